The van der Waals surface area contributed by atoms with Crippen molar-refractivity contribution < 1.29 is 0 Å². The Kier molecular flexibility index (Phi) is 2.25. The Morgan fingerprint density at radius 2 is 1.75 bits per heavy atom. The van der Waals surface area contributed by atoms with Crippen molar-refractivity contribution in [2.24, 2.45) is 0 Å². The lowest BCUT2D eigenvalue weighted by atomic mass is 9.89. The second-order valence-electron chi connectivity index (χ2n) is 5.21. The van der Waals surface area contributed by atoms with Gasteiger partial charge in [0.2, 0.25) is 0 Å². The van der Waals surface area contributed by atoms with E-state index in [9.17, 15) is 0 Å². The van der Waals surface area contributed by atoms with Gasteiger partial charge in [0.15, 0.2) is 0 Å². The number of rotatable bonds is 0. The molecule has 2 aliphatic rings. The van der Waals surface area contributed by atoms with E-state index in [1.807, 2.05) is 0 Å². The maximum atomic E-state index is 2.41. The van der Waals surface area contributed by atoms with Crippen LogP contribution >= 0.6 is 11.9 Å². The van der Waals surface area contributed by atoms with Gasteiger partial charge in [0, 0.05) is 7.05 Å². The van der Waals surface area contributed by atoms with E-state index in [0.717, 1.165) is 0 Å². The Hall–Kier alpha value is -0.630. The minimum atomic E-state index is 0.417. The number of hydrogen-bond donors (Lipinski definition) is 0. The lowest BCUT2D eigenvalue weighted by molar-refractivity contribution is 0.659. The number of hydrogen-bond acceptors (Lipinski definition) is 2. The van der Waals surface area contributed by atoms with Gasteiger partial charge < -0.3 is 4.31 Å². The first-order chi connectivity index (χ1) is 7.64. The van der Waals surface area contributed by atoms with Gasteiger partial charge in [0.1, 0.15) is 0 Å². The molecule has 86 valence electrons. The molecule has 1 aromatic rings. The maximum Gasteiger partial charge on any atom is 0.0631 e. The lowest BCUT2D eigenvalue weighted by Gasteiger charge is -2.23. The molecule has 1 aliphatic heterocycles. The molecule has 2 heteroatoms. The van der Waals surface area contributed by atoms with Crippen LogP contribution in [0.4, 0.5) is 5.69 Å². The summed E-state index contributed by atoms with van der Waals surface area (Å²) >= 11 is 2.07. The third kappa shape index (κ3) is 1.26. The van der Waals surface area contributed by atoms with Crippen LogP contribution in [-0.2, 0) is 4.75 Å². The maximum absolute atomic E-state index is 2.41. The zero-order chi connectivity index (χ0) is 11.3. The largest absolute Gasteiger partial charge is 0.318 e. The number of aryl methyl sites for hydroxylation is 2. The van der Waals surface area contributed by atoms with E-state index < -0.39 is 0 Å². The van der Waals surface area contributed by atoms with E-state index in [1.165, 1.54) is 42.5 Å². The van der Waals surface area contributed by atoms with Crippen molar-refractivity contribution in [1.29, 1.82) is 0 Å². The Labute approximate surface area is 102 Å². The molecule has 0 unspecified atom stereocenters. The standard InChI is InChI=1S/C14H19NS/c1-10-6-7-11(2)13-12(10)14(16-15(13)3)8-4-5-9-14/h6-7H,4-5,8-9H2,1-3H3. The molecule has 3 rings (SSSR count). The van der Waals surface area contributed by atoms with Crippen molar-refractivity contribution in [3.05, 3.63) is 28.8 Å². The topological polar surface area (TPSA) is 3.24 Å². The highest BCUT2D eigenvalue weighted by Gasteiger charge is 2.46. The Morgan fingerprint density at radius 3 is 2.44 bits per heavy atom. The van der Waals surface area contributed by atoms with E-state index in [0.29, 0.717) is 4.75 Å². The number of nitrogens with zero attached hydrogens (tertiary/aromatic N) is 1. The third-order valence-corrected chi connectivity index (χ3v) is 5.50. The fraction of sp³-hybridized carbons (Fsp3) is 0.571. The van der Waals surface area contributed by atoms with Crippen LogP contribution < -0.4 is 4.31 Å². The van der Waals surface area contributed by atoms with Crippen LogP contribution in [-0.4, -0.2) is 7.05 Å². The molecular weight excluding hydrogens is 214 g/mol. The Bertz CT molecular complexity index is 433. The highest BCUT2D eigenvalue weighted by atomic mass is 32.2. The first kappa shape index (κ1) is 10.5. The zero-order valence-electron chi connectivity index (χ0n) is 10.3. The van der Waals surface area contributed by atoms with Crippen molar-refractivity contribution in [3.63, 3.8) is 0 Å². The fourth-order valence-corrected chi connectivity index (χ4v) is 5.09. The first-order valence-electron chi connectivity index (χ1n) is 6.18. The van der Waals surface area contributed by atoms with E-state index in [-0.39, 0.29) is 0 Å². The summed E-state index contributed by atoms with van der Waals surface area (Å²) < 4.78 is 2.82. The average Bonchev–Trinajstić information content (AvgIpc) is 2.80. The molecule has 0 saturated heterocycles. The monoisotopic (exact) mass is 233 g/mol. The van der Waals surface area contributed by atoms with Crippen molar-refractivity contribution in [2.75, 3.05) is 11.4 Å². The van der Waals surface area contributed by atoms with Crippen molar-refractivity contribution in [1.82, 2.24) is 0 Å². The van der Waals surface area contributed by atoms with Crippen LogP contribution in [0.1, 0.15) is 42.4 Å². The Morgan fingerprint density at radius 1 is 1.12 bits per heavy atom. The number of fused-ring (bicyclic) bond motifs is 2. The van der Waals surface area contributed by atoms with Crippen molar-refractivity contribution in [2.45, 2.75) is 44.3 Å². The summed E-state index contributed by atoms with van der Waals surface area (Å²) in [5, 5.41) is 0. The fourth-order valence-electron chi connectivity index (χ4n) is 3.42. The van der Waals surface area contributed by atoms with E-state index in [1.54, 1.807) is 5.56 Å². The van der Waals surface area contributed by atoms with Crippen molar-refractivity contribution in [3.8, 4) is 0 Å². The van der Waals surface area contributed by atoms with Gasteiger partial charge in [-0.15, -0.1) is 0 Å². The molecule has 0 radical (unpaired) electrons. The molecule has 0 atom stereocenters. The van der Waals surface area contributed by atoms with Gasteiger partial charge >= 0.3 is 0 Å². The molecule has 16 heavy (non-hydrogen) atoms. The molecule has 0 aromatic heterocycles. The van der Waals surface area contributed by atoms with Gasteiger partial charge in [-0.2, -0.15) is 0 Å². The summed E-state index contributed by atoms with van der Waals surface area (Å²) in [6, 6.07) is 4.56. The highest BCUT2D eigenvalue weighted by Crippen LogP contribution is 2.60. The molecule has 1 fully saturated rings. The molecule has 1 heterocycles. The zero-order valence-corrected chi connectivity index (χ0v) is 11.2. The highest BCUT2D eigenvalue weighted by molar-refractivity contribution is 8.02. The molecule has 1 aliphatic carbocycles. The van der Waals surface area contributed by atoms with E-state index >= 15 is 0 Å². The van der Waals surface area contributed by atoms with E-state index in [4.69, 9.17) is 0 Å². The van der Waals surface area contributed by atoms with E-state index in [2.05, 4.69) is 49.3 Å². The summed E-state index contributed by atoms with van der Waals surface area (Å²) in [7, 11) is 2.23. The van der Waals surface area contributed by atoms with Crippen LogP contribution in [0, 0.1) is 13.8 Å². The predicted octanol–water partition coefficient (Wildman–Crippen LogP) is 4.17. The first-order valence-corrected chi connectivity index (χ1v) is 6.95. The normalized spacial score (nSPS) is 21.8. The summed E-state index contributed by atoms with van der Waals surface area (Å²) in [6.07, 6.45) is 5.51. The average molecular weight is 233 g/mol. The predicted molar refractivity (Wildman–Crippen MR) is 72.1 cm³/mol. The van der Waals surface area contributed by atoms with Crippen LogP contribution in [0.15, 0.2) is 12.1 Å². The SMILES string of the molecule is Cc1ccc(C)c2c1N(C)SC21CCCC1. The van der Waals surface area contributed by atoms with Gasteiger partial charge in [-0.05, 0) is 55.3 Å². The van der Waals surface area contributed by atoms with Gasteiger partial charge in [-0.1, -0.05) is 25.0 Å². The second-order valence-corrected chi connectivity index (χ2v) is 6.72. The molecule has 1 aromatic carbocycles. The molecular formula is C14H19NS. The number of anilines is 1. The molecule has 1 nitrogen and oxygen atoms in total. The molecule has 0 bridgehead atoms. The van der Waals surface area contributed by atoms with Crippen LogP contribution in [0.25, 0.3) is 0 Å². The lowest BCUT2D eigenvalue weighted by Crippen LogP contribution is -2.15. The van der Waals surface area contributed by atoms with Gasteiger partial charge in [-0.25, -0.2) is 0 Å². The molecule has 0 N–H and O–H groups in total. The summed E-state index contributed by atoms with van der Waals surface area (Å²) in [4.78, 5) is 0. The Balaban J connectivity index is 2.24. The van der Waals surface area contributed by atoms with Crippen LogP contribution in [0.2, 0.25) is 0 Å². The minimum absolute atomic E-state index is 0.417. The second kappa shape index (κ2) is 3.43. The summed E-state index contributed by atoms with van der Waals surface area (Å²) in [5.41, 5.74) is 6.04. The van der Waals surface area contributed by atoms with Gasteiger partial charge in [-0.3, -0.25) is 0 Å². The smallest absolute Gasteiger partial charge is 0.0631 e. The van der Waals surface area contributed by atoms with Gasteiger partial charge in [0.05, 0.1) is 10.4 Å². The number of benzene rings is 1. The summed E-state index contributed by atoms with van der Waals surface area (Å²) in [5.74, 6) is 0. The van der Waals surface area contributed by atoms with Crippen LogP contribution in [0.5, 0.6) is 0 Å². The molecule has 1 spiro atoms. The molecule has 1 saturated carbocycles. The third-order valence-electron chi connectivity index (χ3n) is 4.08. The molecule has 0 amide bonds. The van der Waals surface area contributed by atoms with Crippen molar-refractivity contribution >= 4 is 17.6 Å². The summed E-state index contributed by atoms with van der Waals surface area (Å²) in [6.45, 7) is 4.52. The van der Waals surface area contributed by atoms with Gasteiger partial charge in [0.25, 0.3) is 0 Å². The van der Waals surface area contributed by atoms with Crippen LogP contribution in [0.3, 0.4) is 0 Å². The quantitative estimate of drug-likeness (QED) is 0.619. The minimum Gasteiger partial charge on any atom is -0.318 e.